The van der Waals surface area contributed by atoms with Crippen LogP contribution in [0.3, 0.4) is 0 Å². The maximum absolute atomic E-state index is 12.9. The van der Waals surface area contributed by atoms with E-state index in [0.717, 1.165) is 29.2 Å². The standard InChI is InChI=1S/C21H25NO4/c1-3-12-22(21(23)13-16-8-4-5-9-18(16)24-2)14-17-15-25-19-10-6-7-11-20(19)26-17/h4-11,17H,3,12-15H2,1-2H3. The monoisotopic (exact) mass is 355 g/mol. The van der Waals surface area contributed by atoms with Gasteiger partial charge in [-0.25, -0.2) is 0 Å². The van der Waals surface area contributed by atoms with Gasteiger partial charge < -0.3 is 19.1 Å². The van der Waals surface area contributed by atoms with Crippen molar-refractivity contribution < 1.29 is 19.0 Å². The zero-order valence-corrected chi connectivity index (χ0v) is 15.3. The second-order valence-corrected chi connectivity index (χ2v) is 6.33. The summed E-state index contributed by atoms with van der Waals surface area (Å²) in [5.74, 6) is 2.30. The molecule has 5 nitrogen and oxygen atoms in total. The second kappa shape index (κ2) is 8.61. The summed E-state index contributed by atoms with van der Waals surface area (Å²) in [6.45, 7) is 3.71. The van der Waals surface area contributed by atoms with E-state index in [2.05, 4.69) is 6.92 Å². The molecule has 2 aromatic rings. The Kier molecular flexibility index (Phi) is 6.00. The maximum Gasteiger partial charge on any atom is 0.227 e. The van der Waals surface area contributed by atoms with Crippen LogP contribution in [-0.4, -0.2) is 43.7 Å². The Labute approximate surface area is 154 Å². The van der Waals surface area contributed by atoms with Crippen LogP contribution in [0.4, 0.5) is 0 Å². The molecular formula is C21H25NO4. The number of amides is 1. The van der Waals surface area contributed by atoms with Crippen LogP contribution in [0.15, 0.2) is 48.5 Å². The van der Waals surface area contributed by atoms with Gasteiger partial charge in [0.25, 0.3) is 0 Å². The maximum atomic E-state index is 12.9. The molecule has 0 spiro atoms. The van der Waals surface area contributed by atoms with E-state index in [1.54, 1.807) is 7.11 Å². The number of methoxy groups -OCH3 is 1. The Bertz CT molecular complexity index is 746. The van der Waals surface area contributed by atoms with Crippen LogP contribution < -0.4 is 14.2 Å². The molecule has 0 bridgehead atoms. The van der Waals surface area contributed by atoms with Crippen molar-refractivity contribution in [3.63, 3.8) is 0 Å². The van der Waals surface area contributed by atoms with Crippen LogP contribution in [0.2, 0.25) is 0 Å². The summed E-state index contributed by atoms with van der Waals surface area (Å²) in [6, 6.07) is 15.2. The van der Waals surface area contributed by atoms with Gasteiger partial charge in [0.15, 0.2) is 17.6 Å². The van der Waals surface area contributed by atoms with Gasteiger partial charge in [-0.3, -0.25) is 4.79 Å². The van der Waals surface area contributed by atoms with Crippen molar-refractivity contribution in [3.05, 3.63) is 54.1 Å². The van der Waals surface area contributed by atoms with Crippen molar-refractivity contribution in [3.8, 4) is 17.2 Å². The molecule has 1 amide bonds. The van der Waals surface area contributed by atoms with Crippen LogP contribution in [-0.2, 0) is 11.2 Å². The summed E-state index contributed by atoms with van der Waals surface area (Å²) >= 11 is 0. The predicted molar refractivity (Wildman–Crippen MR) is 99.9 cm³/mol. The van der Waals surface area contributed by atoms with Crippen LogP contribution in [0.1, 0.15) is 18.9 Å². The zero-order valence-electron chi connectivity index (χ0n) is 15.3. The molecule has 1 heterocycles. The summed E-state index contributed by atoms with van der Waals surface area (Å²) in [5, 5.41) is 0. The minimum atomic E-state index is -0.168. The first-order valence-corrected chi connectivity index (χ1v) is 8.99. The summed E-state index contributed by atoms with van der Waals surface area (Å²) in [6.07, 6.45) is 1.04. The molecule has 2 aromatic carbocycles. The Morgan fingerprint density at radius 3 is 2.65 bits per heavy atom. The summed E-state index contributed by atoms with van der Waals surface area (Å²) in [7, 11) is 1.62. The fourth-order valence-electron chi connectivity index (χ4n) is 3.11. The fraction of sp³-hybridized carbons (Fsp3) is 0.381. The molecule has 3 rings (SSSR count). The largest absolute Gasteiger partial charge is 0.496 e. The average molecular weight is 355 g/mol. The third kappa shape index (κ3) is 4.28. The van der Waals surface area contributed by atoms with Crippen LogP contribution >= 0.6 is 0 Å². The van der Waals surface area contributed by atoms with E-state index in [1.807, 2.05) is 53.4 Å². The molecule has 138 valence electrons. The number of hydrogen-bond donors (Lipinski definition) is 0. The van der Waals surface area contributed by atoms with Gasteiger partial charge in [-0.15, -0.1) is 0 Å². The molecule has 0 N–H and O–H groups in total. The van der Waals surface area contributed by atoms with E-state index >= 15 is 0 Å². The van der Waals surface area contributed by atoms with E-state index in [4.69, 9.17) is 14.2 Å². The highest BCUT2D eigenvalue weighted by atomic mass is 16.6. The second-order valence-electron chi connectivity index (χ2n) is 6.33. The van der Waals surface area contributed by atoms with E-state index in [1.165, 1.54) is 0 Å². The van der Waals surface area contributed by atoms with Gasteiger partial charge in [-0.1, -0.05) is 37.3 Å². The quantitative estimate of drug-likeness (QED) is 0.764. The Hall–Kier alpha value is -2.69. The lowest BCUT2D eigenvalue weighted by molar-refractivity contribution is -0.132. The molecule has 1 aliphatic rings. The van der Waals surface area contributed by atoms with Crippen molar-refractivity contribution in [2.45, 2.75) is 25.9 Å². The first-order valence-electron chi connectivity index (χ1n) is 8.99. The predicted octanol–water partition coefficient (Wildman–Crippen LogP) is 3.32. The number of ether oxygens (including phenoxy) is 3. The molecule has 0 aromatic heterocycles. The fourth-order valence-corrected chi connectivity index (χ4v) is 3.11. The molecule has 0 radical (unpaired) electrons. The van der Waals surface area contributed by atoms with Crippen molar-refractivity contribution in [1.29, 1.82) is 0 Å². The van der Waals surface area contributed by atoms with E-state index in [9.17, 15) is 4.79 Å². The smallest absolute Gasteiger partial charge is 0.227 e. The Morgan fingerprint density at radius 2 is 1.88 bits per heavy atom. The van der Waals surface area contributed by atoms with E-state index in [0.29, 0.717) is 26.1 Å². The summed E-state index contributed by atoms with van der Waals surface area (Å²) in [4.78, 5) is 14.7. The number of hydrogen-bond acceptors (Lipinski definition) is 4. The topological polar surface area (TPSA) is 48.0 Å². The number of para-hydroxylation sites is 3. The Morgan fingerprint density at radius 1 is 1.15 bits per heavy atom. The van der Waals surface area contributed by atoms with Gasteiger partial charge in [0.1, 0.15) is 12.4 Å². The number of carbonyl (C=O) groups excluding carboxylic acids is 1. The molecule has 0 fully saturated rings. The molecule has 0 saturated heterocycles. The highest BCUT2D eigenvalue weighted by molar-refractivity contribution is 5.79. The van der Waals surface area contributed by atoms with Gasteiger partial charge in [0.2, 0.25) is 5.91 Å². The lowest BCUT2D eigenvalue weighted by Crippen LogP contribution is -2.44. The number of nitrogens with zero attached hydrogens (tertiary/aromatic N) is 1. The third-order valence-corrected chi connectivity index (χ3v) is 4.37. The molecule has 1 unspecified atom stereocenters. The van der Waals surface area contributed by atoms with Gasteiger partial charge in [-0.05, 0) is 24.6 Å². The van der Waals surface area contributed by atoms with Crippen molar-refractivity contribution in [2.75, 3.05) is 26.8 Å². The van der Waals surface area contributed by atoms with Crippen molar-refractivity contribution >= 4 is 5.91 Å². The number of carbonyl (C=O) groups is 1. The molecule has 26 heavy (non-hydrogen) atoms. The van der Waals surface area contributed by atoms with Crippen molar-refractivity contribution in [1.82, 2.24) is 4.90 Å². The SMILES string of the molecule is CCCN(CC1COc2ccccc2O1)C(=O)Cc1ccccc1OC. The highest BCUT2D eigenvalue weighted by Crippen LogP contribution is 2.31. The minimum absolute atomic E-state index is 0.0683. The first kappa shape index (κ1) is 18.1. The molecular weight excluding hydrogens is 330 g/mol. The summed E-state index contributed by atoms with van der Waals surface area (Å²) < 4.78 is 17.1. The normalized spacial score (nSPS) is 15.4. The first-order chi connectivity index (χ1) is 12.7. The summed E-state index contributed by atoms with van der Waals surface area (Å²) in [5.41, 5.74) is 0.896. The van der Waals surface area contributed by atoms with Gasteiger partial charge in [0.05, 0.1) is 20.1 Å². The van der Waals surface area contributed by atoms with E-state index in [-0.39, 0.29) is 12.0 Å². The molecule has 0 aliphatic carbocycles. The average Bonchev–Trinajstić information content (AvgIpc) is 2.68. The van der Waals surface area contributed by atoms with Gasteiger partial charge >= 0.3 is 0 Å². The number of rotatable bonds is 7. The molecule has 1 aliphatic heterocycles. The van der Waals surface area contributed by atoms with Crippen molar-refractivity contribution in [2.24, 2.45) is 0 Å². The van der Waals surface area contributed by atoms with Crippen LogP contribution in [0.25, 0.3) is 0 Å². The number of fused-ring (bicyclic) bond motifs is 1. The minimum Gasteiger partial charge on any atom is -0.496 e. The van der Waals surface area contributed by atoms with Crippen LogP contribution in [0, 0.1) is 0 Å². The highest BCUT2D eigenvalue weighted by Gasteiger charge is 2.25. The van der Waals surface area contributed by atoms with Gasteiger partial charge in [0, 0.05) is 12.1 Å². The molecule has 1 atom stereocenters. The molecule has 0 saturated carbocycles. The number of benzene rings is 2. The third-order valence-electron chi connectivity index (χ3n) is 4.37. The van der Waals surface area contributed by atoms with Crippen LogP contribution in [0.5, 0.6) is 17.2 Å². The Balaban J connectivity index is 1.66. The lowest BCUT2D eigenvalue weighted by atomic mass is 10.1. The lowest BCUT2D eigenvalue weighted by Gasteiger charge is -2.31. The zero-order chi connectivity index (χ0) is 18.4. The molecule has 5 heteroatoms. The van der Waals surface area contributed by atoms with Gasteiger partial charge in [-0.2, -0.15) is 0 Å². The van der Waals surface area contributed by atoms with E-state index < -0.39 is 0 Å².